The van der Waals surface area contributed by atoms with E-state index in [1.165, 1.54) is 18.3 Å². The number of aromatic carboxylic acids is 1. The Morgan fingerprint density at radius 3 is 2.71 bits per heavy atom. The number of carbonyl (C=O) groups is 2. The molecule has 3 N–H and O–H groups in total. The number of nitrogens with one attached hydrogen (secondary N) is 2. The van der Waals surface area contributed by atoms with E-state index in [1.807, 2.05) is 0 Å². The van der Waals surface area contributed by atoms with E-state index in [0.29, 0.717) is 5.69 Å². The largest absolute Gasteiger partial charge is 0.478 e. The molecular weight excluding hydrogens is 282 g/mol. The summed E-state index contributed by atoms with van der Waals surface area (Å²) in [4.78, 5) is 25.6. The molecule has 0 aliphatic heterocycles. The number of anilines is 1. The van der Waals surface area contributed by atoms with Gasteiger partial charge < -0.3 is 15.4 Å². The second-order valence-electron chi connectivity index (χ2n) is 4.45. The number of halogens is 2. The van der Waals surface area contributed by atoms with Crippen LogP contribution in [0.15, 0.2) is 24.4 Å². The third-order valence-electron chi connectivity index (χ3n) is 2.95. The van der Waals surface area contributed by atoms with Crippen molar-refractivity contribution in [3.8, 4) is 0 Å². The molecule has 0 aliphatic carbocycles. The predicted octanol–water partition coefficient (Wildman–Crippen LogP) is 2.48. The fourth-order valence-corrected chi connectivity index (χ4v) is 1.95. The van der Waals surface area contributed by atoms with Gasteiger partial charge in [-0.25, -0.2) is 13.6 Å². The Labute approximate surface area is 118 Å². The van der Waals surface area contributed by atoms with Crippen molar-refractivity contribution in [1.82, 2.24) is 4.98 Å². The minimum Gasteiger partial charge on any atom is -0.478 e. The summed E-state index contributed by atoms with van der Waals surface area (Å²) in [6, 6.07) is 3.54. The predicted molar refractivity (Wildman–Crippen MR) is 71.2 cm³/mol. The average Bonchev–Trinajstić information content (AvgIpc) is 2.76. The number of hydrogen-bond acceptors (Lipinski definition) is 2. The first kappa shape index (κ1) is 14.7. The van der Waals surface area contributed by atoms with E-state index in [1.54, 1.807) is 6.92 Å². The van der Waals surface area contributed by atoms with E-state index in [-0.39, 0.29) is 16.8 Å². The molecule has 2 aromatic rings. The quantitative estimate of drug-likeness (QED) is 0.810. The molecule has 1 amide bonds. The van der Waals surface area contributed by atoms with Crippen LogP contribution >= 0.6 is 0 Å². The van der Waals surface area contributed by atoms with Gasteiger partial charge in [0, 0.05) is 17.5 Å². The van der Waals surface area contributed by atoms with Crippen molar-refractivity contribution in [3.63, 3.8) is 0 Å². The van der Waals surface area contributed by atoms with E-state index >= 15 is 0 Å². The summed E-state index contributed by atoms with van der Waals surface area (Å²) in [5.41, 5.74) is 0.302. The zero-order valence-electron chi connectivity index (χ0n) is 11.0. The van der Waals surface area contributed by atoms with Gasteiger partial charge in [-0.15, -0.1) is 0 Å². The Morgan fingerprint density at radius 2 is 2.05 bits per heavy atom. The number of rotatable bonds is 4. The van der Waals surface area contributed by atoms with Crippen LogP contribution in [0.5, 0.6) is 0 Å². The summed E-state index contributed by atoms with van der Waals surface area (Å²) in [6.07, 6.45) is 0.936. The third kappa shape index (κ3) is 3.07. The number of aryl methyl sites for hydroxylation is 1. The van der Waals surface area contributed by atoms with Crippen LogP contribution < -0.4 is 5.32 Å². The van der Waals surface area contributed by atoms with Crippen LogP contribution in [0.3, 0.4) is 0 Å². The van der Waals surface area contributed by atoms with Crippen LogP contribution in [0.1, 0.15) is 21.6 Å². The number of aromatic amines is 1. The van der Waals surface area contributed by atoms with Gasteiger partial charge in [-0.3, -0.25) is 4.79 Å². The van der Waals surface area contributed by atoms with E-state index in [2.05, 4.69) is 10.3 Å². The molecule has 5 nitrogen and oxygen atoms in total. The van der Waals surface area contributed by atoms with Gasteiger partial charge >= 0.3 is 5.97 Å². The highest BCUT2D eigenvalue weighted by Crippen LogP contribution is 2.20. The topological polar surface area (TPSA) is 82.2 Å². The van der Waals surface area contributed by atoms with Crippen molar-refractivity contribution in [2.24, 2.45) is 0 Å². The first-order valence-corrected chi connectivity index (χ1v) is 6.04. The van der Waals surface area contributed by atoms with Gasteiger partial charge in [0.25, 0.3) is 0 Å². The third-order valence-corrected chi connectivity index (χ3v) is 2.95. The summed E-state index contributed by atoms with van der Waals surface area (Å²) >= 11 is 0. The number of carboxylic acids is 1. The molecule has 7 heteroatoms. The van der Waals surface area contributed by atoms with E-state index in [4.69, 9.17) is 5.11 Å². The maximum absolute atomic E-state index is 13.5. The van der Waals surface area contributed by atoms with Gasteiger partial charge in [0.2, 0.25) is 5.91 Å². The molecular formula is C14H12F2N2O3. The fraction of sp³-hybridized carbons (Fsp3) is 0.143. The van der Waals surface area contributed by atoms with Crippen LogP contribution in [0.25, 0.3) is 0 Å². The molecule has 0 bridgehead atoms. The molecule has 0 saturated carbocycles. The number of H-pyrrole nitrogens is 1. The van der Waals surface area contributed by atoms with Gasteiger partial charge in [-0.1, -0.05) is 12.1 Å². The smallest absolute Gasteiger partial charge is 0.339 e. The lowest BCUT2D eigenvalue weighted by Crippen LogP contribution is -2.17. The molecule has 2 rings (SSSR count). The van der Waals surface area contributed by atoms with Gasteiger partial charge in [0.15, 0.2) is 11.6 Å². The second kappa shape index (κ2) is 5.74. The molecule has 1 heterocycles. The SMILES string of the molecule is Cc1[nH]cc(NC(=O)Cc2cccc(F)c2F)c1C(=O)O. The number of amides is 1. The van der Waals surface area contributed by atoms with Crippen molar-refractivity contribution >= 4 is 17.6 Å². The molecule has 0 aliphatic rings. The lowest BCUT2D eigenvalue weighted by atomic mass is 10.1. The van der Waals surface area contributed by atoms with Crippen LogP contribution in [0.2, 0.25) is 0 Å². The Morgan fingerprint density at radius 1 is 1.33 bits per heavy atom. The molecule has 110 valence electrons. The van der Waals surface area contributed by atoms with Crippen LogP contribution in [0, 0.1) is 18.6 Å². The van der Waals surface area contributed by atoms with Crippen molar-refractivity contribution < 1.29 is 23.5 Å². The number of carbonyl (C=O) groups excluding carboxylic acids is 1. The monoisotopic (exact) mass is 294 g/mol. The maximum Gasteiger partial charge on any atom is 0.339 e. The molecule has 0 saturated heterocycles. The number of aromatic nitrogens is 1. The number of benzene rings is 1. The highest BCUT2D eigenvalue weighted by molar-refractivity contribution is 6.01. The van der Waals surface area contributed by atoms with Gasteiger partial charge in [0.05, 0.1) is 12.1 Å². The molecule has 0 atom stereocenters. The first-order valence-electron chi connectivity index (χ1n) is 6.04. The second-order valence-corrected chi connectivity index (χ2v) is 4.45. The summed E-state index contributed by atoms with van der Waals surface area (Å²) in [5.74, 6) is -3.96. The number of hydrogen-bond donors (Lipinski definition) is 3. The molecule has 0 fully saturated rings. The number of carboxylic acid groups (broad SMARTS) is 1. The van der Waals surface area contributed by atoms with Gasteiger partial charge in [-0.05, 0) is 13.0 Å². The van der Waals surface area contributed by atoms with Crippen molar-refractivity contribution in [2.45, 2.75) is 13.3 Å². The Balaban J connectivity index is 2.16. The molecule has 1 aromatic heterocycles. The Bertz CT molecular complexity index is 710. The van der Waals surface area contributed by atoms with E-state index in [9.17, 15) is 18.4 Å². The molecule has 0 unspecified atom stereocenters. The minimum absolute atomic E-state index is 0.0666. The van der Waals surface area contributed by atoms with Gasteiger partial charge in [0.1, 0.15) is 5.56 Å². The molecule has 0 radical (unpaired) electrons. The zero-order valence-corrected chi connectivity index (χ0v) is 11.0. The maximum atomic E-state index is 13.5. The molecule has 1 aromatic carbocycles. The standard InChI is InChI=1S/C14H12F2N2O3/c1-7-12(14(20)21)10(6-17-7)18-11(19)5-8-3-2-4-9(15)13(8)16/h2-4,6,17H,5H2,1H3,(H,18,19)(H,20,21). The van der Waals surface area contributed by atoms with Crippen molar-refractivity contribution in [3.05, 3.63) is 52.9 Å². The van der Waals surface area contributed by atoms with E-state index in [0.717, 1.165) is 6.07 Å². The van der Waals surface area contributed by atoms with Crippen molar-refractivity contribution in [2.75, 3.05) is 5.32 Å². The highest BCUT2D eigenvalue weighted by atomic mass is 19.2. The highest BCUT2D eigenvalue weighted by Gasteiger charge is 2.18. The summed E-state index contributed by atoms with van der Waals surface area (Å²) in [7, 11) is 0. The Hall–Kier alpha value is -2.70. The lowest BCUT2D eigenvalue weighted by Gasteiger charge is -2.06. The lowest BCUT2D eigenvalue weighted by molar-refractivity contribution is -0.115. The zero-order chi connectivity index (χ0) is 15.6. The summed E-state index contributed by atoms with van der Waals surface area (Å²) in [6.45, 7) is 1.55. The van der Waals surface area contributed by atoms with Crippen LogP contribution in [0.4, 0.5) is 14.5 Å². The van der Waals surface area contributed by atoms with Crippen LogP contribution in [-0.2, 0) is 11.2 Å². The molecule has 0 spiro atoms. The summed E-state index contributed by atoms with van der Waals surface area (Å²) in [5, 5.41) is 11.4. The first-order chi connectivity index (χ1) is 9.90. The Kier molecular flexibility index (Phi) is 4.02. The van der Waals surface area contributed by atoms with Crippen LogP contribution in [-0.4, -0.2) is 22.0 Å². The van der Waals surface area contributed by atoms with Gasteiger partial charge in [-0.2, -0.15) is 0 Å². The fourth-order valence-electron chi connectivity index (χ4n) is 1.95. The molecule has 21 heavy (non-hydrogen) atoms. The minimum atomic E-state index is -1.19. The van der Waals surface area contributed by atoms with E-state index < -0.39 is 29.9 Å². The van der Waals surface area contributed by atoms with Crippen molar-refractivity contribution in [1.29, 1.82) is 0 Å². The normalized spacial score (nSPS) is 10.4. The summed E-state index contributed by atoms with van der Waals surface area (Å²) < 4.78 is 26.5. The average molecular weight is 294 g/mol.